The highest BCUT2D eigenvalue weighted by Crippen LogP contribution is 2.41. The van der Waals surface area contributed by atoms with E-state index in [-0.39, 0.29) is 22.2 Å². The van der Waals surface area contributed by atoms with Gasteiger partial charge in [0.25, 0.3) is 0 Å². The first-order chi connectivity index (χ1) is 14.0. The van der Waals surface area contributed by atoms with Gasteiger partial charge in [-0.2, -0.15) is 5.26 Å². The molecule has 4 aromatic rings. The lowest BCUT2D eigenvalue weighted by atomic mass is 10.1. The number of hydrogen-bond donors (Lipinski definition) is 2. The van der Waals surface area contributed by atoms with Crippen LogP contribution in [0, 0.1) is 17.1 Å². The summed E-state index contributed by atoms with van der Waals surface area (Å²) >= 11 is 13.7. The number of benzene rings is 1. The summed E-state index contributed by atoms with van der Waals surface area (Å²) in [7, 11) is 0. The molecule has 7 nitrogen and oxygen atoms in total. The van der Waals surface area contributed by atoms with Crippen molar-refractivity contribution in [2.24, 2.45) is 0 Å². The number of nitriles is 1. The van der Waals surface area contributed by atoms with Crippen molar-refractivity contribution >= 4 is 56.4 Å². The molecule has 0 unspecified atom stereocenters. The molecule has 144 valence electrons. The summed E-state index contributed by atoms with van der Waals surface area (Å²) in [5, 5.41) is 22.1. The van der Waals surface area contributed by atoms with Crippen molar-refractivity contribution < 1.29 is 9.50 Å². The monoisotopic (exact) mass is 446 g/mol. The molecule has 0 fully saturated rings. The Labute approximate surface area is 177 Å². The van der Waals surface area contributed by atoms with E-state index < -0.39 is 5.82 Å². The molecule has 0 aliphatic rings. The molecule has 1 aromatic carbocycles. The normalized spacial score (nSPS) is 10.9. The summed E-state index contributed by atoms with van der Waals surface area (Å²) in [5.74, 6) is 0.107. The number of aromatic nitrogens is 4. The third-order valence-corrected chi connectivity index (χ3v) is 5.57. The van der Waals surface area contributed by atoms with Crippen LogP contribution in [0.25, 0.3) is 20.8 Å². The van der Waals surface area contributed by atoms with Gasteiger partial charge in [-0.25, -0.2) is 24.3 Å². The van der Waals surface area contributed by atoms with E-state index in [0.717, 1.165) is 17.5 Å². The summed E-state index contributed by atoms with van der Waals surface area (Å²) in [6, 6.07) is 6.47. The molecule has 0 saturated carbocycles. The lowest BCUT2D eigenvalue weighted by molar-refractivity contribution is 0.276. The Morgan fingerprint density at radius 3 is 2.62 bits per heavy atom. The topological polar surface area (TPSA) is 108 Å². The van der Waals surface area contributed by atoms with Crippen LogP contribution in [0.3, 0.4) is 0 Å². The number of halogens is 3. The van der Waals surface area contributed by atoms with Crippen molar-refractivity contribution in [1.29, 1.82) is 5.26 Å². The van der Waals surface area contributed by atoms with Crippen molar-refractivity contribution in [2.75, 3.05) is 5.32 Å². The third-order valence-electron chi connectivity index (χ3n) is 3.89. The van der Waals surface area contributed by atoms with Crippen LogP contribution in [-0.2, 0) is 6.61 Å². The predicted octanol–water partition coefficient (Wildman–Crippen LogP) is 4.70. The molecule has 0 spiro atoms. The number of rotatable bonds is 4. The van der Waals surface area contributed by atoms with Crippen LogP contribution in [-0.4, -0.2) is 25.0 Å². The van der Waals surface area contributed by atoms with Crippen LogP contribution in [0.15, 0.2) is 30.7 Å². The molecule has 29 heavy (non-hydrogen) atoms. The number of anilines is 2. The van der Waals surface area contributed by atoms with Gasteiger partial charge in [0.2, 0.25) is 0 Å². The van der Waals surface area contributed by atoms with E-state index in [0.29, 0.717) is 38.2 Å². The number of thiazole rings is 1. The minimum absolute atomic E-state index is 0.0930. The third kappa shape index (κ3) is 3.71. The van der Waals surface area contributed by atoms with Gasteiger partial charge in [-0.15, -0.1) is 11.3 Å². The van der Waals surface area contributed by atoms with Gasteiger partial charge in [-0.05, 0) is 12.1 Å². The van der Waals surface area contributed by atoms with Gasteiger partial charge in [-0.3, -0.25) is 0 Å². The van der Waals surface area contributed by atoms with Gasteiger partial charge in [-0.1, -0.05) is 23.2 Å². The molecule has 0 aliphatic heterocycles. The molecule has 2 N–H and O–H groups in total. The van der Waals surface area contributed by atoms with E-state index in [1.54, 1.807) is 6.07 Å². The Morgan fingerprint density at radius 1 is 1.17 bits per heavy atom. The number of hydrogen-bond acceptors (Lipinski definition) is 8. The van der Waals surface area contributed by atoms with E-state index in [1.165, 1.54) is 18.5 Å². The SMILES string of the molecule is N#Cc1cc(Cl)c(-c2nc3c(F)cnc(Nc4cc(CO)ncn4)c3s2)c(Cl)c1. The van der Waals surface area contributed by atoms with Crippen molar-refractivity contribution in [3.8, 4) is 16.6 Å². The molecule has 0 aliphatic carbocycles. The molecule has 0 saturated heterocycles. The van der Waals surface area contributed by atoms with E-state index in [2.05, 4.69) is 25.3 Å². The second-order valence-electron chi connectivity index (χ2n) is 5.76. The number of nitrogens with zero attached hydrogens (tertiary/aromatic N) is 5. The highest BCUT2D eigenvalue weighted by Gasteiger charge is 2.19. The zero-order valence-electron chi connectivity index (χ0n) is 14.3. The number of aliphatic hydroxyl groups excluding tert-OH is 1. The van der Waals surface area contributed by atoms with Crippen LogP contribution in [0.1, 0.15) is 11.3 Å². The fourth-order valence-corrected chi connectivity index (χ4v) is 4.47. The average molecular weight is 447 g/mol. The van der Waals surface area contributed by atoms with Crippen LogP contribution in [0.5, 0.6) is 0 Å². The lowest BCUT2D eigenvalue weighted by Crippen LogP contribution is -1.99. The minimum atomic E-state index is -0.604. The smallest absolute Gasteiger partial charge is 0.168 e. The van der Waals surface area contributed by atoms with Crippen LogP contribution in [0.4, 0.5) is 16.0 Å². The Kier molecular flexibility index (Phi) is 5.25. The zero-order chi connectivity index (χ0) is 20.5. The van der Waals surface area contributed by atoms with Crippen molar-refractivity contribution in [3.63, 3.8) is 0 Å². The second kappa shape index (κ2) is 7.85. The maximum absolute atomic E-state index is 14.4. The molecule has 11 heteroatoms. The summed E-state index contributed by atoms with van der Waals surface area (Å²) in [6.07, 6.45) is 2.34. The first-order valence-electron chi connectivity index (χ1n) is 8.03. The summed E-state index contributed by atoms with van der Waals surface area (Å²) in [6.45, 7) is -0.246. The molecule has 3 aromatic heterocycles. The molecule has 0 bridgehead atoms. The lowest BCUT2D eigenvalue weighted by Gasteiger charge is -2.06. The zero-order valence-corrected chi connectivity index (χ0v) is 16.6. The molecule has 0 amide bonds. The van der Waals surface area contributed by atoms with Crippen LogP contribution >= 0.6 is 34.5 Å². The summed E-state index contributed by atoms with van der Waals surface area (Å²) in [5.41, 5.74) is 1.23. The highest BCUT2D eigenvalue weighted by molar-refractivity contribution is 7.22. The van der Waals surface area contributed by atoms with Crippen molar-refractivity contribution in [3.05, 3.63) is 57.8 Å². The van der Waals surface area contributed by atoms with Crippen molar-refractivity contribution in [1.82, 2.24) is 19.9 Å². The Hall–Kier alpha value is -2.90. The molecular weight excluding hydrogens is 438 g/mol. The van der Waals surface area contributed by atoms with E-state index in [4.69, 9.17) is 28.5 Å². The van der Waals surface area contributed by atoms with E-state index >= 15 is 0 Å². The van der Waals surface area contributed by atoms with Crippen molar-refractivity contribution in [2.45, 2.75) is 6.61 Å². The highest BCUT2D eigenvalue weighted by atomic mass is 35.5. The fourth-order valence-electron chi connectivity index (χ4n) is 2.60. The number of pyridine rings is 1. The van der Waals surface area contributed by atoms with Gasteiger partial charge < -0.3 is 10.4 Å². The molecule has 0 atom stereocenters. The molecule has 3 heterocycles. The molecular formula is C18H9Cl2FN6OS. The van der Waals surface area contributed by atoms with Gasteiger partial charge in [0.15, 0.2) is 11.6 Å². The average Bonchev–Trinajstić information content (AvgIpc) is 3.15. The van der Waals surface area contributed by atoms with Gasteiger partial charge in [0.05, 0.1) is 40.2 Å². The quantitative estimate of drug-likeness (QED) is 0.467. The first-order valence-corrected chi connectivity index (χ1v) is 9.60. The fraction of sp³-hybridized carbons (Fsp3) is 0.0556. The maximum atomic E-state index is 14.4. The minimum Gasteiger partial charge on any atom is -0.390 e. The standard InChI is InChI=1S/C18H9Cl2FN6OS/c19-10-1-8(4-22)2-11(20)14(10)18-27-15-12(21)5-23-17(16(15)29-18)26-13-3-9(6-28)24-7-25-13/h1-3,5,7,28H,6H2,(H,23,24,25,26). The maximum Gasteiger partial charge on any atom is 0.168 e. The predicted molar refractivity (Wildman–Crippen MR) is 109 cm³/mol. The number of fused-ring (bicyclic) bond motifs is 1. The van der Waals surface area contributed by atoms with E-state index in [1.807, 2.05) is 6.07 Å². The van der Waals surface area contributed by atoms with Crippen LogP contribution in [0.2, 0.25) is 10.0 Å². The second-order valence-corrected chi connectivity index (χ2v) is 7.57. The number of nitrogens with one attached hydrogen (secondary N) is 1. The Morgan fingerprint density at radius 2 is 1.93 bits per heavy atom. The number of aliphatic hydroxyl groups is 1. The first kappa shape index (κ1) is 19.4. The Balaban J connectivity index is 1.83. The van der Waals surface area contributed by atoms with Crippen LogP contribution < -0.4 is 5.32 Å². The van der Waals surface area contributed by atoms with Gasteiger partial charge in [0.1, 0.15) is 27.4 Å². The molecule has 0 radical (unpaired) electrons. The summed E-state index contributed by atoms with van der Waals surface area (Å²) in [4.78, 5) is 16.4. The van der Waals surface area contributed by atoms with Gasteiger partial charge in [0, 0.05) is 11.6 Å². The molecule has 4 rings (SSSR count). The van der Waals surface area contributed by atoms with E-state index in [9.17, 15) is 9.50 Å². The largest absolute Gasteiger partial charge is 0.390 e. The van der Waals surface area contributed by atoms with Gasteiger partial charge >= 0.3 is 0 Å². The Bertz CT molecular complexity index is 1270. The summed E-state index contributed by atoms with van der Waals surface area (Å²) < 4.78 is 14.8.